The Morgan fingerprint density at radius 1 is 1.13 bits per heavy atom. The minimum absolute atomic E-state index is 0.0582. The van der Waals surface area contributed by atoms with E-state index in [1.807, 2.05) is 0 Å². The van der Waals surface area contributed by atoms with Crippen molar-refractivity contribution in [1.29, 1.82) is 5.26 Å². The number of nitriles is 1. The fraction of sp³-hybridized carbons (Fsp3) is 0.136. The van der Waals surface area contributed by atoms with E-state index >= 15 is 0 Å². The fourth-order valence-electron chi connectivity index (χ4n) is 3.66. The van der Waals surface area contributed by atoms with Crippen LogP contribution in [-0.2, 0) is 15.8 Å². The molecule has 1 heterocycles. The molecule has 0 aliphatic carbocycles. The third-order valence-electron chi connectivity index (χ3n) is 4.80. The maximum absolute atomic E-state index is 13.0. The van der Waals surface area contributed by atoms with Gasteiger partial charge < -0.3 is 9.47 Å². The molecule has 0 saturated carbocycles. The van der Waals surface area contributed by atoms with Crippen LogP contribution in [0.15, 0.2) is 60.7 Å². The summed E-state index contributed by atoms with van der Waals surface area (Å²) in [7, 11) is -3.79. The lowest BCUT2D eigenvalue weighted by molar-refractivity contribution is -0.0496. The van der Waals surface area contributed by atoms with Gasteiger partial charge in [0.1, 0.15) is 17.6 Å². The summed E-state index contributed by atoms with van der Waals surface area (Å²) in [6.07, 6.45) is -0.696. The molecule has 1 atom stereocenters. The number of benzene rings is 3. The first-order valence-corrected chi connectivity index (χ1v) is 10.8. The second-order valence-corrected chi connectivity index (χ2v) is 8.59. The van der Waals surface area contributed by atoms with Crippen molar-refractivity contribution in [2.45, 2.75) is 18.5 Å². The fourth-order valence-corrected chi connectivity index (χ4v) is 4.30. The molecule has 0 aromatic heterocycles. The van der Waals surface area contributed by atoms with Gasteiger partial charge in [0, 0.05) is 5.56 Å². The van der Waals surface area contributed by atoms with E-state index in [2.05, 4.69) is 10.8 Å². The van der Waals surface area contributed by atoms with Crippen LogP contribution < -0.4 is 14.6 Å². The molecule has 3 aromatic rings. The smallest absolute Gasteiger partial charge is 0.387 e. The number of nitrogens with two attached hydrogens (primary N) is 1. The second kappa shape index (κ2) is 7.98. The van der Waals surface area contributed by atoms with Crippen molar-refractivity contribution < 1.29 is 26.7 Å². The summed E-state index contributed by atoms with van der Waals surface area (Å²) >= 11 is 0. The molecule has 1 aliphatic heterocycles. The van der Waals surface area contributed by atoms with Gasteiger partial charge >= 0.3 is 6.61 Å². The summed E-state index contributed by atoms with van der Waals surface area (Å²) in [5, 5.41) is 14.4. The van der Waals surface area contributed by atoms with E-state index in [0.29, 0.717) is 39.1 Å². The highest BCUT2D eigenvalue weighted by molar-refractivity contribution is 7.88. The Hall–Kier alpha value is -3.48. The number of primary sulfonamides is 1. The molecule has 0 fully saturated rings. The number of ether oxygens (including phenoxy) is 2. The minimum atomic E-state index is -3.79. The quantitative estimate of drug-likeness (QED) is 0.641. The molecule has 1 aliphatic rings. The van der Waals surface area contributed by atoms with Crippen LogP contribution in [0.5, 0.6) is 11.5 Å². The van der Waals surface area contributed by atoms with Gasteiger partial charge in [0.25, 0.3) is 0 Å². The van der Waals surface area contributed by atoms with Crippen LogP contribution in [0.25, 0.3) is 11.1 Å². The normalized spacial score (nSPS) is 14.9. The number of sulfonamides is 1. The van der Waals surface area contributed by atoms with Crippen molar-refractivity contribution in [1.82, 2.24) is 0 Å². The maximum atomic E-state index is 13.0. The predicted molar refractivity (Wildman–Crippen MR) is 109 cm³/mol. The molecule has 0 spiro atoms. The largest absolute Gasteiger partial charge is 0.480 e. The molecular weight excluding hydrogens is 426 g/mol. The van der Waals surface area contributed by atoms with E-state index in [1.54, 1.807) is 54.6 Å². The van der Waals surface area contributed by atoms with E-state index in [4.69, 9.17) is 9.88 Å². The highest BCUT2D eigenvalue weighted by Gasteiger charge is 2.31. The van der Waals surface area contributed by atoms with Crippen LogP contribution in [0.4, 0.5) is 8.78 Å². The summed E-state index contributed by atoms with van der Waals surface area (Å²) < 4.78 is 59.9. The number of nitrogens with zero attached hydrogens (tertiary/aromatic N) is 1. The van der Waals surface area contributed by atoms with Crippen LogP contribution in [0.2, 0.25) is 0 Å². The maximum Gasteiger partial charge on any atom is 0.387 e. The lowest BCUT2D eigenvalue weighted by atomic mass is 9.87. The number of rotatable bonds is 5. The first kappa shape index (κ1) is 20.8. The highest BCUT2D eigenvalue weighted by atomic mass is 32.2. The second-order valence-electron chi connectivity index (χ2n) is 6.97. The molecule has 9 heteroatoms. The molecule has 1 unspecified atom stereocenters. The van der Waals surface area contributed by atoms with E-state index in [0.717, 1.165) is 0 Å². The molecular formula is C22H16F2N2O4S. The molecule has 0 bridgehead atoms. The summed E-state index contributed by atoms with van der Waals surface area (Å²) in [5.41, 5.74) is 2.94. The summed E-state index contributed by atoms with van der Waals surface area (Å²) in [6.45, 7) is -3.03. The van der Waals surface area contributed by atoms with E-state index in [1.165, 1.54) is 6.07 Å². The van der Waals surface area contributed by atoms with Gasteiger partial charge in [-0.05, 0) is 41.0 Å². The van der Waals surface area contributed by atoms with Crippen LogP contribution in [0.3, 0.4) is 0 Å². The Morgan fingerprint density at radius 2 is 1.90 bits per heavy atom. The van der Waals surface area contributed by atoms with E-state index < -0.39 is 28.5 Å². The summed E-state index contributed by atoms with van der Waals surface area (Å²) in [4.78, 5) is 0. The van der Waals surface area contributed by atoms with Gasteiger partial charge in [-0.2, -0.15) is 14.0 Å². The molecule has 158 valence electrons. The van der Waals surface area contributed by atoms with Crippen molar-refractivity contribution in [2.24, 2.45) is 5.14 Å². The van der Waals surface area contributed by atoms with Crippen molar-refractivity contribution in [3.8, 4) is 28.7 Å². The number of hydrogen-bond acceptors (Lipinski definition) is 5. The molecule has 6 nitrogen and oxygen atoms in total. The predicted octanol–water partition coefficient (Wildman–Crippen LogP) is 4.10. The SMILES string of the molecule is N#Cc1cccc(C2Oc3cccc(OC(F)F)c3-c3ccc(CS(N)(=O)=O)cc32)c1. The number of hydrogen-bond donors (Lipinski definition) is 1. The van der Waals surface area contributed by atoms with Crippen molar-refractivity contribution in [2.75, 3.05) is 0 Å². The number of fused-ring (bicyclic) bond motifs is 3. The first-order valence-electron chi connectivity index (χ1n) is 9.13. The van der Waals surface area contributed by atoms with E-state index in [9.17, 15) is 22.5 Å². The van der Waals surface area contributed by atoms with Gasteiger partial charge in [0.2, 0.25) is 10.0 Å². The van der Waals surface area contributed by atoms with Gasteiger partial charge in [-0.25, -0.2) is 13.6 Å². The topological polar surface area (TPSA) is 102 Å². The van der Waals surface area contributed by atoms with Crippen LogP contribution in [-0.4, -0.2) is 15.0 Å². The van der Waals surface area contributed by atoms with Crippen LogP contribution in [0, 0.1) is 11.3 Å². The van der Waals surface area contributed by atoms with Gasteiger partial charge in [-0.15, -0.1) is 0 Å². The highest BCUT2D eigenvalue weighted by Crippen LogP contribution is 2.49. The average molecular weight is 442 g/mol. The lowest BCUT2D eigenvalue weighted by Gasteiger charge is -2.30. The Labute approximate surface area is 177 Å². The molecule has 0 radical (unpaired) electrons. The Bertz CT molecular complexity index is 1300. The first-order chi connectivity index (χ1) is 14.7. The van der Waals surface area contributed by atoms with Gasteiger partial charge in [0.15, 0.2) is 0 Å². The Morgan fingerprint density at radius 3 is 2.61 bits per heavy atom. The number of halogens is 2. The number of alkyl halides is 2. The molecule has 0 amide bonds. The Kier molecular flexibility index (Phi) is 5.35. The van der Waals surface area contributed by atoms with Crippen molar-refractivity contribution >= 4 is 10.0 Å². The third-order valence-corrected chi connectivity index (χ3v) is 5.54. The van der Waals surface area contributed by atoms with Crippen molar-refractivity contribution in [3.63, 3.8) is 0 Å². The average Bonchev–Trinajstić information content (AvgIpc) is 2.71. The van der Waals surface area contributed by atoms with Crippen molar-refractivity contribution in [3.05, 3.63) is 82.9 Å². The molecule has 4 rings (SSSR count). The third kappa shape index (κ3) is 4.35. The van der Waals surface area contributed by atoms with E-state index in [-0.39, 0.29) is 5.75 Å². The summed E-state index contributed by atoms with van der Waals surface area (Å²) in [5.74, 6) is -0.123. The standard InChI is InChI=1S/C22H16F2N2O4S/c23-22(24)30-19-6-2-5-18-20(19)16-8-7-14(12-31(26,27)28)10-17(16)21(29-18)15-4-1-3-13(9-15)11-25/h1-10,21-22H,12H2,(H2,26,27,28). The summed E-state index contributed by atoms with van der Waals surface area (Å²) in [6, 6.07) is 18.3. The zero-order valence-electron chi connectivity index (χ0n) is 16.0. The Balaban J connectivity index is 1.92. The molecule has 2 N–H and O–H groups in total. The molecule has 0 saturated heterocycles. The minimum Gasteiger partial charge on any atom is -0.480 e. The van der Waals surface area contributed by atoms with Gasteiger partial charge in [-0.3, -0.25) is 0 Å². The zero-order valence-corrected chi connectivity index (χ0v) is 16.8. The lowest BCUT2D eigenvalue weighted by Crippen LogP contribution is -2.18. The molecule has 31 heavy (non-hydrogen) atoms. The van der Waals surface area contributed by atoms with Crippen LogP contribution >= 0.6 is 0 Å². The zero-order chi connectivity index (χ0) is 22.2. The van der Waals surface area contributed by atoms with Crippen LogP contribution in [0.1, 0.15) is 28.4 Å². The van der Waals surface area contributed by atoms with Gasteiger partial charge in [0.05, 0.1) is 22.9 Å². The molecule has 3 aromatic carbocycles. The monoisotopic (exact) mass is 442 g/mol. The van der Waals surface area contributed by atoms with Gasteiger partial charge in [-0.1, -0.05) is 36.4 Å².